The topological polar surface area (TPSA) is 80.4 Å². The van der Waals surface area contributed by atoms with Gasteiger partial charge in [-0.1, -0.05) is 19.1 Å². The summed E-state index contributed by atoms with van der Waals surface area (Å²) in [7, 11) is 2.72. The third-order valence-corrected chi connectivity index (χ3v) is 3.50. The first kappa shape index (κ1) is 21.9. The lowest BCUT2D eigenvalue weighted by Crippen LogP contribution is -2.44. The average molecular weight is 338 g/mol. The van der Waals surface area contributed by atoms with E-state index in [1.807, 2.05) is 27.0 Å². The minimum absolute atomic E-state index is 0.0847. The van der Waals surface area contributed by atoms with Crippen LogP contribution in [0, 0.1) is 13.8 Å². The van der Waals surface area contributed by atoms with Crippen molar-refractivity contribution >= 4 is 11.9 Å². The molecule has 1 aromatic heterocycles. The Morgan fingerprint density at radius 2 is 2.00 bits per heavy atom. The van der Waals surface area contributed by atoms with Crippen LogP contribution in [-0.2, 0) is 25.5 Å². The highest BCUT2D eigenvalue weighted by Crippen LogP contribution is 2.14. The minimum atomic E-state index is -0.707. The summed E-state index contributed by atoms with van der Waals surface area (Å²) in [5.41, 5.74) is 3.10. The molecular weight excluding hydrogens is 308 g/mol. The van der Waals surface area contributed by atoms with Crippen molar-refractivity contribution in [3.8, 4) is 0 Å². The van der Waals surface area contributed by atoms with E-state index in [1.54, 1.807) is 0 Å². The molecule has 0 aliphatic carbocycles. The number of rotatable bonds is 7. The average Bonchev–Trinajstić information content (AvgIpc) is 2.87. The normalized spacial score (nSPS) is 11.6. The number of aromatic amines is 1. The number of carbonyl (C=O) groups is 2. The van der Waals surface area contributed by atoms with Gasteiger partial charge in [-0.3, -0.25) is 4.79 Å². The molecule has 1 aromatic rings. The summed E-state index contributed by atoms with van der Waals surface area (Å²) < 4.78 is 9.43. The Hall–Kier alpha value is -2.08. The molecule has 0 bridgehead atoms. The molecule has 6 heteroatoms. The predicted molar refractivity (Wildman–Crippen MR) is 94.9 cm³/mol. The van der Waals surface area contributed by atoms with E-state index >= 15 is 0 Å². The van der Waals surface area contributed by atoms with E-state index in [4.69, 9.17) is 9.47 Å². The molecule has 1 amide bonds. The van der Waals surface area contributed by atoms with Crippen LogP contribution in [0.15, 0.2) is 18.3 Å². The quantitative estimate of drug-likeness (QED) is 0.591. The molecule has 2 N–H and O–H groups in total. The Labute approximate surface area is 144 Å². The first-order chi connectivity index (χ1) is 11.4. The number of nitrogens with one attached hydrogen (secondary N) is 2. The molecule has 0 saturated carbocycles. The minimum Gasteiger partial charge on any atom is -0.467 e. The van der Waals surface area contributed by atoms with Gasteiger partial charge in [-0.15, -0.1) is 0 Å². The molecule has 1 heterocycles. The van der Waals surface area contributed by atoms with Crippen LogP contribution >= 0.6 is 0 Å². The van der Waals surface area contributed by atoms with E-state index in [9.17, 15) is 9.59 Å². The van der Waals surface area contributed by atoms with Crippen molar-refractivity contribution in [3.05, 3.63) is 35.2 Å². The summed E-state index contributed by atoms with van der Waals surface area (Å²) in [6.45, 7) is 7.99. The van der Waals surface area contributed by atoms with Crippen LogP contribution < -0.4 is 5.32 Å². The summed E-state index contributed by atoms with van der Waals surface area (Å²) >= 11 is 0. The van der Waals surface area contributed by atoms with Crippen LogP contribution in [0.25, 0.3) is 0 Å². The Bertz CT molecular complexity index is 535. The van der Waals surface area contributed by atoms with Crippen molar-refractivity contribution in [2.75, 3.05) is 20.8 Å². The van der Waals surface area contributed by atoms with Crippen LogP contribution in [-0.4, -0.2) is 43.7 Å². The largest absolute Gasteiger partial charge is 0.467 e. The van der Waals surface area contributed by atoms with Gasteiger partial charge in [0.2, 0.25) is 5.91 Å². The third-order valence-electron chi connectivity index (χ3n) is 3.50. The number of carbonyl (C=O) groups excluding carboxylic acids is 2. The molecule has 0 aliphatic rings. The lowest BCUT2D eigenvalue weighted by Gasteiger charge is -2.16. The van der Waals surface area contributed by atoms with E-state index in [-0.39, 0.29) is 12.5 Å². The molecule has 0 saturated heterocycles. The van der Waals surface area contributed by atoms with Gasteiger partial charge in [-0.2, -0.15) is 0 Å². The van der Waals surface area contributed by atoms with Gasteiger partial charge in [0.25, 0.3) is 0 Å². The van der Waals surface area contributed by atoms with Crippen LogP contribution in [0.4, 0.5) is 0 Å². The van der Waals surface area contributed by atoms with Crippen molar-refractivity contribution in [2.45, 2.75) is 46.6 Å². The number of aryl methyl sites for hydroxylation is 1. The second-order valence-corrected chi connectivity index (χ2v) is 5.32. The Morgan fingerprint density at radius 1 is 1.33 bits per heavy atom. The molecular formula is C18H30N2O4. The Kier molecular flexibility index (Phi) is 11.3. The van der Waals surface area contributed by atoms with E-state index in [2.05, 4.69) is 29.4 Å². The molecule has 0 aromatic carbocycles. The highest BCUT2D eigenvalue weighted by atomic mass is 16.5. The monoisotopic (exact) mass is 338 g/mol. The zero-order valence-electron chi connectivity index (χ0n) is 15.6. The number of aromatic nitrogens is 1. The third kappa shape index (κ3) is 7.97. The Balaban J connectivity index is 0.000000922. The summed E-state index contributed by atoms with van der Waals surface area (Å²) in [5, 5.41) is 2.60. The van der Waals surface area contributed by atoms with Gasteiger partial charge in [0.05, 0.1) is 7.11 Å². The van der Waals surface area contributed by atoms with Crippen molar-refractivity contribution in [2.24, 2.45) is 0 Å². The Morgan fingerprint density at radius 3 is 2.38 bits per heavy atom. The fourth-order valence-electron chi connectivity index (χ4n) is 2.02. The lowest BCUT2D eigenvalue weighted by atomic mass is 10.0. The van der Waals surface area contributed by atoms with Crippen molar-refractivity contribution in [3.63, 3.8) is 0 Å². The molecule has 136 valence electrons. The summed E-state index contributed by atoms with van der Waals surface area (Å²) in [6, 6.07) is -0.707. The lowest BCUT2D eigenvalue weighted by molar-refractivity contribution is -0.145. The molecule has 0 aliphatic heterocycles. The van der Waals surface area contributed by atoms with Gasteiger partial charge in [0.1, 0.15) is 12.6 Å². The number of methoxy groups -OCH3 is 2. The zero-order chi connectivity index (χ0) is 18.5. The van der Waals surface area contributed by atoms with Crippen LogP contribution in [0.1, 0.15) is 37.1 Å². The van der Waals surface area contributed by atoms with Gasteiger partial charge in [-0.05, 0) is 38.3 Å². The first-order valence-electron chi connectivity index (χ1n) is 8.01. The molecule has 1 unspecified atom stereocenters. The number of allylic oxidation sites excluding steroid dienone is 2. The molecule has 1 atom stereocenters. The van der Waals surface area contributed by atoms with Crippen LogP contribution in [0.3, 0.4) is 0 Å². The van der Waals surface area contributed by atoms with Crippen molar-refractivity contribution in [1.29, 1.82) is 0 Å². The van der Waals surface area contributed by atoms with Gasteiger partial charge in [0, 0.05) is 25.4 Å². The standard InChI is InChI=1S/C13H20N2O4.C5H10/c1-8-9(2)14-6-10(8)5-11(13(17)19-4)15-12(16)7-18-3;1-3-5-4-2/h6,11,14H,5,7H2,1-4H3,(H,15,16);3,5H,4H2,1-2H3/b;5-3-. The SMILES string of the molecule is C/C=C\CC.COCC(=O)NC(Cc1c[nH]c(C)c1C)C(=O)OC. The van der Waals surface area contributed by atoms with E-state index in [1.165, 1.54) is 14.2 Å². The number of amides is 1. The highest BCUT2D eigenvalue weighted by molar-refractivity contribution is 5.85. The fraction of sp³-hybridized carbons (Fsp3) is 0.556. The maximum Gasteiger partial charge on any atom is 0.328 e. The smallest absolute Gasteiger partial charge is 0.328 e. The molecule has 0 fully saturated rings. The van der Waals surface area contributed by atoms with Crippen LogP contribution in [0.2, 0.25) is 0 Å². The molecule has 1 rings (SSSR count). The molecule has 24 heavy (non-hydrogen) atoms. The number of hydrogen-bond acceptors (Lipinski definition) is 4. The van der Waals surface area contributed by atoms with Crippen molar-refractivity contribution < 1.29 is 19.1 Å². The summed E-state index contributed by atoms with van der Waals surface area (Å²) in [5.74, 6) is -0.814. The second kappa shape index (κ2) is 12.4. The maximum absolute atomic E-state index is 11.7. The van der Waals surface area contributed by atoms with Crippen LogP contribution in [0.5, 0.6) is 0 Å². The second-order valence-electron chi connectivity index (χ2n) is 5.32. The van der Waals surface area contributed by atoms with E-state index in [0.717, 1.165) is 23.2 Å². The number of esters is 1. The molecule has 0 spiro atoms. The summed E-state index contributed by atoms with van der Waals surface area (Å²) in [6.07, 6.45) is 7.57. The number of ether oxygens (including phenoxy) is 2. The van der Waals surface area contributed by atoms with Crippen molar-refractivity contribution in [1.82, 2.24) is 10.3 Å². The number of hydrogen-bond donors (Lipinski definition) is 2. The zero-order valence-corrected chi connectivity index (χ0v) is 15.6. The van der Waals surface area contributed by atoms with Gasteiger partial charge >= 0.3 is 5.97 Å². The molecule has 0 radical (unpaired) electrons. The first-order valence-corrected chi connectivity index (χ1v) is 8.01. The maximum atomic E-state index is 11.7. The van der Waals surface area contributed by atoms with Gasteiger partial charge in [-0.25, -0.2) is 4.79 Å². The van der Waals surface area contributed by atoms with Gasteiger partial charge in [0.15, 0.2) is 0 Å². The number of H-pyrrole nitrogens is 1. The fourth-order valence-corrected chi connectivity index (χ4v) is 2.02. The van der Waals surface area contributed by atoms with E-state index in [0.29, 0.717) is 6.42 Å². The summed E-state index contributed by atoms with van der Waals surface area (Å²) in [4.78, 5) is 26.3. The van der Waals surface area contributed by atoms with E-state index < -0.39 is 12.0 Å². The van der Waals surface area contributed by atoms with Gasteiger partial charge < -0.3 is 19.8 Å². The molecule has 6 nitrogen and oxygen atoms in total. The predicted octanol–water partition coefficient (Wildman–Crippen LogP) is 2.45. The highest BCUT2D eigenvalue weighted by Gasteiger charge is 2.23.